The van der Waals surface area contributed by atoms with E-state index in [9.17, 15) is 27.9 Å². The van der Waals surface area contributed by atoms with Crippen molar-refractivity contribution in [2.45, 2.75) is 43.5 Å². The maximum absolute atomic E-state index is 13.4. The molecule has 10 nitrogen and oxygen atoms in total. The molecule has 1 aromatic heterocycles. The average Bonchev–Trinajstić information content (AvgIpc) is 3.20. The predicted molar refractivity (Wildman–Crippen MR) is 123 cm³/mol. The fraction of sp³-hybridized carbons (Fsp3) is 0.217. The predicted octanol–water partition coefficient (Wildman–Crippen LogP) is 3.16. The summed E-state index contributed by atoms with van der Waals surface area (Å²) in [4.78, 5) is 39.0. The van der Waals surface area contributed by atoms with Crippen LogP contribution >= 0.6 is 0 Å². The zero-order valence-corrected chi connectivity index (χ0v) is 19.7. The third-order valence-electron chi connectivity index (χ3n) is 5.56. The molecule has 0 fully saturated rings. The summed E-state index contributed by atoms with van der Waals surface area (Å²) in [6, 6.07) is 11.4. The number of aryl methyl sites for hydroxylation is 1. The first-order valence-electron chi connectivity index (χ1n) is 10.4. The van der Waals surface area contributed by atoms with Crippen LogP contribution in [0.3, 0.4) is 0 Å². The van der Waals surface area contributed by atoms with Gasteiger partial charge in [0.1, 0.15) is 4.90 Å². The number of nitrogens with zero attached hydrogens (tertiary/aromatic N) is 4. The van der Waals surface area contributed by atoms with Crippen LogP contribution in [0.2, 0.25) is 0 Å². The van der Waals surface area contributed by atoms with Gasteiger partial charge in [-0.2, -0.15) is 14.9 Å². The van der Waals surface area contributed by atoms with Crippen molar-refractivity contribution >= 4 is 33.4 Å². The van der Waals surface area contributed by atoms with Crippen LogP contribution in [0.25, 0.3) is 0 Å². The van der Waals surface area contributed by atoms with Gasteiger partial charge in [-0.05, 0) is 64.1 Å². The number of carbonyl (C=O) groups excluding carboxylic acids is 2. The van der Waals surface area contributed by atoms with Crippen molar-refractivity contribution in [1.82, 2.24) is 9.89 Å². The molecule has 34 heavy (non-hydrogen) atoms. The van der Waals surface area contributed by atoms with Gasteiger partial charge in [0.25, 0.3) is 11.8 Å². The first-order chi connectivity index (χ1) is 16.0. The van der Waals surface area contributed by atoms with Crippen molar-refractivity contribution in [3.63, 3.8) is 0 Å². The molecule has 176 valence electrons. The molecule has 0 spiro atoms. The molecule has 0 aliphatic carbocycles. The molecule has 1 aliphatic heterocycles. The van der Waals surface area contributed by atoms with Crippen LogP contribution in [0.5, 0.6) is 0 Å². The second kappa shape index (κ2) is 8.10. The minimum atomic E-state index is -4.08. The van der Waals surface area contributed by atoms with Crippen LogP contribution in [0, 0.1) is 13.8 Å². The van der Waals surface area contributed by atoms with Gasteiger partial charge in [0.15, 0.2) is 0 Å². The van der Waals surface area contributed by atoms with Crippen LogP contribution in [-0.4, -0.2) is 47.4 Å². The Kier molecular flexibility index (Phi) is 5.52. The van der Waals surface area contributed by atoms with Crippen molar-refractivity contribution in [2.24, 2.45) is 0 Å². The summed E-state index contributed by atoms with van der Waals surface area (Å²) < 4.78 is 26.8. The summed E-state index contributed by atoms with van der Waals surface area (Å²) in [6.45, 7) is 6.27. The van der Waals surface area contributed by atoms with E-state index in [1.54, 1.807) is 38.1 Å². The lowest BCUT2D eigenvalue weighted by Gasteiger charge is -2.24. The van der Waals surface area contributed by atoms with Crippen LogP contribution in [0.1, 0.15) is 46.0 Å². The van der Waals surface area contributed by atoms with Crippen LogP contribution < -0.4 is 9.91 Å². The summed E-state index contributed by atoms with van der Waals surface area (Å²) >= 11 is 0. The molecule has 4 rings (SSSR count). The van der Waals surface area contributed by atoms with Gasteiger partial charge in [-0.1, -0.05) is 12.1 Å². The maximum atomic E-state index is 13.4. The van der Waals surface area contributed by atoms with E-state index in [-0.39, 0.29) is 38.0 Å². The molecule has 3 amide bonds. The number of anilines is 1. The van der Waals surface area contributed by atoms with E-state index in [2.05, 4.69) is 5.10 Å². The van der Waals surface area contributed by atoms with Gasteiger partial charge in [0, 0.05) is 0 Å². The van der Waals surface area contributed by atoms with Gasteiger partial charge in [0.2, 0.25) is 9.84 Å². The van der Waals surface area contributed by atoms with Crippen LogP contribution in [0.4, 0.5) is 10.5 Å². The third kappa shape index (κ3) is 3.45. The van der Waals surface area contributed by atoms with E-state index < -0.39 is 33.8 Å². The number of carboxylic acid groups (broad SMARTS) is 1. The Bertz CT molecular complexity index is 1410. The van der Waals surface area contributed by atoms with E-state index in [0.717, 1.165) is 14.7 Å². The van der Waals surface area contributed by atoms with Crippen LogP contribution in [-0.2, 0) is 9.84 Å². The minimum Gasteiger partial charge on any atom is -0.464 e. The van der Waals surface area contributed by atoms with Gasteiger partial charge in [-0.25, -0.2) is 18.1 Å². The van der Waals surface area contributed by atoms with E-state index >= 15 is 0 Å². The molecule has 11 heteroatoms. The highest BCUT2D eigenvalue weighted by atomic mass is 32.2. The monoisotopic (exact) mass is 482 g/mol. The molecular formula is C23H22N4O6S. The molecule has 0 bridgehead atoms. The normalized spacial score (nSPS) is 13.5. The van der Waals surface area contributed by atoms with Crippen molar-refractivity contribution < 1.29 is 27.9 Å². The number of sulfone groups is 1. The van der Waals surface area contributed by atoms with Crippen molar-refractivity contribution in [3.05, 3.63) is 71.0 Å². The Morgan fingerprint density at radius 1 is 0.971 bits per heavy atom. The molecule has 0 radical (unpaired) electrons. The van der Waals surface area contributed by atoms with Crippen molar-refractivity contribution in [1.29, 1.82) is 0 Å². The summed E-state index contributed by atoms with van der Waals surface area (Å²) in [5.41, 5.74) is 1.12. The van der Waals surface area contributed by atoms with Gasteiger partial charge >= 0.3 is 6.09 Å². The van der Waals surface area contributed by atoms with Gasteiger partial charge in [0.05, 0.1) is 39.1 Å². The number of hydrogen-bond donors (Lipinski definition) is 1. The second-order valence-corrected chi connectivity index (χ2v) is 9.99. The summed E-state index contributed by atoms with van der Waals surface area (Å²) in [7, 11) is -4.08. The van der Waals surface area contributed by atoms with Crippen LogP contribution in [0.15, 0.2) is 58.3 Å². The maximum Gasteiger partial charge on any atom is 0.428 e. The molecule has 1 N–H and O–H groups in total. The first kappa shape index (κ1) is 23.2. The lowest BCUT2D eigenvalue weighted by molar-refractivity contribution is 0.0926. The largest absolute Gasteiger partial charge is 0.464 e. The molecule has 0 atom stereocenters. The van der Waals surface area contributed by atoms with Gasteiger partial charge in [-0.3, -0.25) is 9.59 Å². The molecule has 0 unspecified atom stereocenters. The number of hydrogen-bond acceptors (Lipinski definition) is 6. The number of fused-ring (bicyclic) bond motifs is 1. The summed E-state index contributed by atoms with van der Waals surface area (Å²) in [5.74, 6) is -0.960. The highest BCUT2D eigenvalue weighted by Gasteiger charge is 2.37. The standard InChI is InChI=1S/C23H22N4O6S/c1-13(2)26(23(30)31)27-15(4)20(14(3)24-27)34(32,33)17-11-9-16(10-12-17)25-21(28)18-7-5-6-8-19(18)22(25)29/h5-13H,1-4H3,(H,30,31). The Hall–Kier alpha value is -3.99. The fourth-order valence-electron chi connectivity index (χ4n) is 4.05. The lowest BCUT2D eigenvalue weighted by Crippen LogP contribution is -2.46. The van der Waals surface area contributed by atoms with E-state index in [1.165, 1.54) is 38.1 Å². The zero-order valence-electron chi connectivity index (χ0n) is 18.9. The Labute approximate surface area is 195 Å². The highest BCUT2D eigenvalue weighted by molar-refractivity contribution is 7.91. The van der Waals surface area contributed by atoms with E-state index in [1.807, 2.05) is 0 Å². The SMILES string of the molecule is Cc1nn(N(C(=O)O)C(C)C)c(C)c1S(=O)(=O)c1ccc(N2C(=O)c3ccccc3C2=O)cc1. The topological polar surface area (TPSA) is 130 Å². The Morgan fingerprint density at radius 2 is 1.50 bits per heavy atom. The number of amides is 3. The van der Waals surface area contributed by atoms with Gasteiger partial charge in [-0.15, -0.1) is 0 Å². The Balaban J connectivity index is 1.71. The van der Waals surface area contributed by atoms with E-state index in [4.69, 9.17) is 0 Å². The highest BCUT2D eigenvalue weighted by Crippen LogP contribution is 2.32. The second-order valence-electron chi connectivity index (χ2n) is 8.10. The molecule has 1 aliphatic rings. The first-order valence-corrected chi connectivity index (χ1v) is 11.9. The smallest absolute Gasteiger partial charge is 0.428 e. The summed E-state index contributed by atoms with van der Waals surface area (Å²) in [6.07, 6.45) is -1.27. The molecule has 0 saturated heterocycles. The number of imide groups is 1. The zero-order chi connectivity index (χ0) is 24.9. The number of aromatic nitrogens is 2. The molecule has 3 aromatic rings. The van der Waals surface area contributed by atoms with E-state index in [0.29, 0.717) is 0 Å². The Morgan fingerprint density at radius 3 is 1.97 bits per heavy atom. The number of benzene rings is 2. The fourth-order valence-corrected chi connectivity index (χ4v) is 5.68. The molecular weight excluding hydrogens is 460 g/mol. The van der Waals surface area contributed by atoms with Crippen molar-refractivity contribution in [3.8, 4) is 0 Å². The molecule has 2 heterocycles. The van der Waals surface area contributed by atoms with Crippen molar-refractivity contribution in [2.75, 3.05) is 9.91 Å². The third-order valence-corrected chi connectivity index (χ3v) is 7.58. The lowest BCUT2D eigenvalue weighted by atomic mass is 10.1. The average molecular weight is 483 g/mol. The number of carbonyl (C=O) groups is 3. The van der Waals surface area contributed by atoms with Gasteiger partial charge < -0.3 is 5.11 Å². The minimum absolute atomic E-state index is 0.0787. The quantitative estimate of drug-likeness (QED) is 0.553. The number of rotatable bonds is 5. The molecule has 0 saturated carbocycles. The molecule has 2 aromatic carbocycles. The summed E-state index contributed by atoms with van der Waals surface area (Å²) in [5, 5.41) is 14.6.